The summed E-state index contributed by atoms with van der Waals surface area (Å²) in [5.41, 5.74) is 1.69. The van der Waals surface area contributed by atoms with Crippen molar-refractivity contribution < 1.29 is 14.1 Å². The van der Waals surface area contributed by atoms with Gasteiger partial charge in [0.2, 0.25) is 5.91 Å². The Morgan fingerprint density at radius 3 is 2.45 bits per heavy atom. The van der Waals surface area contributed by atoms with Crippen molar-refractivity contribution >= 4 is 17.3 Å². The van der Waals surface area contributed by atoms with Gasteiger partial charge in [0.05, 0.1) is 11.0 Å². The molecule has 0 saturated carbocycles. The average molecular weight is 400 g/mol. The SMILES string of the molecule is CC(C(=O)NCCc1ccc(F)cc1)N1CCN(c2ccccc2[N+](=O)[O-])CC1. The fourth-order valence-electron chi connectivity index (χ4n) is 3.53. The number of halogens is 1. The zero-order valence-electron chi connectivity index (χ0n) is 16.4. The molecule has 1 aliphatic rings. The van der Waals surface area contributed by atoms with E-state index >= 15 is 0 Å². The zero-order valence-corrected chi connectivity index (χ0v) is 16.4. The van der Waals surface area contributed by atoms with Crippen LogP contribution in [0.4, 0.5) is 15.8 Å². The van der Waals surface area contributed by atoms with Crippen LogP contribution >= 0.6 is 0 Å². The highest BCUT2D eigenvalue weighted by Gasteiger charge is 2.27. The van der Waals surface area contributed by atoms with E-state index in [2.05, 4.69) is 10.2 Å². The van der Waals surface area contributed by atoms with Gasteiger partial charge in [-0.05, 0) is 37.1 Å². The van der Waals surface area contributed by atoms with E-state index in [4.69, 9.17) is 0 Å². The van der Waals surface area contributed by atoms with Gasteiger partial charge in [-0.1, -0.05) is 24.3 Å². The van der Waals surface area contributed by atoms with Crippen LogP contribution in [0.2, 0.25) is 0 Å². The number of hydrogen-bond acceptors (Lipinski definition) is 5. The number of anilines is 1. The molecule has 8 heteroatoms. The molecule has 0 spiro atoms. The molecule has 1 amide bonds. The maximum atomic E-state index is 12.9. The summed E-state index contributed by atoms with van der Waals surface area (Å²) in [5, 5.41) is 14.2. The van der Waals surface area contributed by atoms with Crippen LogP contribution in [0.5, 0.6) is 0 Å². The minimum atomic E-state index is -0.362. The number of para-hydroxylation sites is 2. The summed E-state index contributed by atoms with van der Waals surface area (Å²) in [6.45, 7) is 4.91. The third kappa shape index (κ3) is 5.29. The van der Waals surface area contributed by atoms with Gasteiger partial charge < -0.3 is 10.2 Å². The topological polar surface area (TPSA) is 78.7 Å². The predicted molar refractivity (Wildman–Crippen MR) is 109 cm³/mol. The molecule has 0 aromatic heterocycles. The van der Waals surface area contributed by atoms with Crippen molar-refractivity contribution in [2.75, 3.05) is 37.6 Å². The molecule has 1 unspecified atom stereocenters. The smallest absolute Gasteiger partial charge is 0.292 e. The molecule has 0 bridgehead atoms. The molecule has 0 radical (unpaired) electrons. The number of amides is 1. The Bertz CT molecular complexity index is 851. The number of nitro groups is 1. The van der Waals surface area contributed by atoms with Crippen molar-refractivity contribution in [1.29, 1.82) is 0 Å². The Labute approximate surface area is 169 Å². The van der Waals surface area contributed by atoms with Crippen molar-refractivity contribution in [3.63, 3.8) is 0 Å². The van der Waals surface area contributed by atoms with E-state index in [1.54, 1.807) is 30.3 Å². The number of carbonyl (C=O) groups excluding carboxylic acids is 1. The van der Waals surface area contributed by atoms with E-state index in [1.165, 1.54) is 18.2 Å². The third-order valence-electron chi connectivity index (χ3n) is 5.29. The van der Waals surface area contributed by atoms with Gasteiger partial charge in [0.1, 0.15) is 11.5 Å². The molecule has 2 aromatic rings. The van der Waals surface area contributed by atoms with E-state index in [-0.39, 0.29) is 28.4 Å². The highest BCUT2D eigenvalue weighted by molar-refractivity contribution is 5.81. The van der Waals surface area contributed by atoms with Gasteiger partial charge in [-0.25, -0.2) is 4.39 Å². The summed E-state index contributed by atoms with van der Waals surface area (Å²) >= 11 is 0. The van der Waals surface area contributed by atoms with Crippen LogP contribution in [0.15, 0.2) is 48.5 Å². The lowest BCUT2D eigenvalue weighted by molar-refractivity contribution is -0.384. The van der Waals surface area contributed by atoms with Gasteiger partial charge in [-0.2, -0.15) is 0 Å². The molecule has 3 rings (SSSR count). The molecule has 1 fully saturated rings. The number of nitro benzene ring substituents is 1. The molecule has 1 aliphatic heterocycles. The summed E-state index contributed by atoms with van der Waals surface area (Å²) in [7, 11) is 0. The largest absolute Gasteiger partial charge is 0.363 e. The summed E-state index contributed by atoms with van der Waals surface area (Å²) < 4.78 is 12.9. The van der Waals surface area contributed by atoms with Gasteiger partial charge >= 0.3 is 0 Å². The number of nitrogens with one attached hydrogen (secondary N) is 1. The monoisotopic (exact) mass is 400 g/mol. The van der Waals surface area contributed by atoms with Crippen LogP contribution < -0.4 is 10.2 Å². The standard InChI is InChI=1S/C21H25FN4O3/c1-16(21(27)23-11-10-17-6-8-18(22)9-7-17)24-12-14-25(15-13-24)19-4-2-3-5-20(19)26(28)29/h2-9,16H,10-15H2,1H3,(H,23,27). The number of hydrogen-bond donors (Lipinski definition) is 1. The number of nitrogens with zero attached hydrogens (tertiary/aromatic N) is 3. The van der Waals surface area contributed by atoms with Crippen LogP contribution in [0.25, 0.3) is 0 Å². The molecule has 1 atom stereocenters. The molecule has 1 N–H and O–H groups in total. The lowest BCUT2D eigenvalue weighted by Gasteiger charge is -2.38. The second-order valence-corrected chi connectivity index (χ2v) is 7.11. The molecule has 29 heavy (non-hydrogen) atoms. The molecule has 1 heterocycles. The Kier molecular flexibility index (Phi) is 6.77. The molecule has 2 aromatic carbocycles. The van der Waals surface area contributed by atoms with Crippen molar-refractivity contribution in [3.8, 4) is 0 Å². The zero-order chi connectivity index (χ0) is 20.8. The van der Waals surface area contributed by atoms with Gasteiger partial charge in [0, 0.05) is 38.8 Å². The minimum Gasteiger partial charge on any atom is -0.363 e. The minimum absolute atomic E-state index is 0.0498. The third-order valence-corrected chi connectivity index (χ3v) is 5.29. The van der Waals surface area contributed by atoms with Gasteiger partial charge in [-0.3, -0.25) is 19.8 Å². The summed E-state index contributed by atoms with van der Waals surface area (Å²) in [6.07, 6.45) is 0.643. The number of rotatable bonds is 7. The van der Waals surface area contributed by atoms with Crippen molar-refractivity contribution in [2.45, 2.75) is 19.4 Å². The fraction of sp³-hybridized carbons (Fsp3) is 0.381. The first kappa shape index (κ1) is 20.7. The molecular formula is C21H25FN4O3. The maximum absolute atomic E-state index is 12.9. The highest BCUT2D eigenvalue weighted by atomic mass is 19.1. The quantitative estimate of drug-likeness (QED) is 0.571. The van der Waals surface area contributed by atoms with Gasteiger partial charge in [0.15, 0.2) is 0 Å². The van der Waals surface area contributed by atoms with E-state index in [0.717, 1.165) is 5.56 Å². The number of carbonyl (C=O) groups is 1. The second-order valence-electron chi connectivity index (χ2n) is 7.11. The first-order chi connectivity index (χ1) is 14.0. The van der Waals surface area contributed by atoms with Crippen molar-refractivity contribution in [1.82, 2.24) is 10.2 Å². The van der Waals surface area contributed by atoms with Crippen LogP contribution in [-0.2, 0) is 11.2 Å². The van der Waals surface area contributed by atoms with Gasteiger partial charge in [0.25, 0.3) is 5.69 Å². The average Bonchev–Trinajstić information content (AvgIpc) is 2.74. The van der Waals surface area contributed by atoms with Crippen LogP contribution in [-0.4, -0.2) is 54.5 Å². The molecule has 154 valence electrons. The lowest BCUT2D eigenvalue weighted by Crippen LogP contribution is -2.54. The van der Waals surface area contributed by atoms with Crippen LogP contribution in [0.1, 0.15) is 12.5 Å². The Balaban J connectivity index is 1.48. The number of piperazine rings is 1. The maximum Gasteiger partial charge on any atom is 0.292 e. The Hall–Kier alpha value is -3.00. The van der Waals surface area contributed by atoms with Crippen molar-refractivity contribution in [3.05, 3.63) is 70.0 Å². The molecule has 1 saturated heterocycles. The van der Waals surface area contributed by atoms with Crippen molar-refractivity contribution in [2.24, 2.45) is 0 Å². The Morgan fingerprint density at radius 1 is 1.14 bits per heavy atom. The molecular weight excluding hydrogens is 375 g/mol. The summed E-state index contributed by atoms with van der Waals surface area (Å²) in [4.78, 5) is 27.4. The molecule has 7 nitrogen and oxygen atoms in total. The summed E-state index contributed by atoms with van der Waals surface area (Å²) in [5.74, 6) is -0.322. The second kappa shape index (κ2) is 9.47. The summed E-state index contributed by atoms with van der Waals surface area (Å²) in [6, 6.07) is 12.7. The molecule has 0 aliphatic carbocycles. The van der Waals surface area contributed by atoms with Crippen LogP contribution in [0, 0.1) is 15.9 Å². The highest BCUT2D eigenvalue weighted by Crippen LogP contribution is 2.28. The first-order valence-electron chi connectivity index (χ1n) is 9.70. The normalized spacial score (nSPS) is 15.7. The van der Waals surface area contributed by atoms with Crippen LogP contribution in [0.3, 0.4) is 0 Å². The fourth-order valence-corrected chi connectivity index (χ4v) is 3.53. The predicted octanol–water partition coefficient (Wildman–Crippen LogP) is 2.60. The van der Waals surface area contributed by atoms with E-state index in [1.807, 2.05) is 11.8 Å². The first-order valence-corrected chi connectivity index (χ1v) is 9.70. The van der Waals surface area contributed by atoms with E-state index in [0.29, 0.717) is 44.8 Å². The van der Waals surface area contributed by atoms with Gasteiger partial charge in [-0.15, -0.1) is 0 Å². The number of benzene rings is 2. The van der Waals surface area contributed by atoms with E-state index < -0.39 is 0 Å². The van der Waals surface area contributed by atoms with E-state index in [9.17, 15) is 19.3 Å². The Morgan fingerprint density at radius 2 is 1.79 bits per heavy atom. The lowest BCUT2D eigenvalue weighted by atomic mass is 10.1.